The first-order valence-corrected chi connectivity index (χ1v) is 6.95. The van der Waals surface area contributed by atoms with Crippen molar-refractivity contribution < 1.29 is 9.90 Å². The van der Waals surface area contributed by atoms with Crippen molar-refractivity contribution in [2.24, 2.45) is 0 Å². The van der Waals surface area contributed by atoms with Crippen LogP contribution >= 0.6 is 11.8 Å². The Bertz CT molecular complexity index is 381. The first-order chi connectivity index (χ1) is 8.04. The maximum atomic E-state index is 10.9. The highest BCUT2D eigenvalue weighted by Gasteiger charge is 2.10. The third-order valence-corrected chi connectivity index (χ3v) is 3.58. The van der Waals surface area contributed by atoms with Gasteiger partial charge in [0.25, 0.3) is 0 Å². The molecule has 4 heteroatoms. The molecule has 0 heterocycles. The summed E-state index contributed by atoms with van der Waals surface area (Å²) in [6.45, 7) is 2.96. The normalized spacial score (nSPS) is 12.7. The van der Waals surface area contributed by atoms with Crippen LogP contribution in [0.3, 0.4) is 0 Å². The van der Waals surface area contributed by atoms with E-state index in [0.29, 0.717) is 11.6 Å². The Morgan fingerprint density at radius 3 is 2.82 bits per heavy atom. The Hall–Kier alpha value is -1.00. The third-order valence-electron chi connectivity index (χ3n) is 2.77. The lowest BCUT2D eigenvalue weighted by molar-refractivity contribution is 0.0696. The molecular weight excluding hydrogens is 234 g/mol. The lowest BCUT2D eigenvalue weighted by Crippen LogP contribution is -2.30. The summed E-state index contributed by atoms with van der Waals surface area (Å²) in [5.41, 5.74) is 1.40. The van der Waals surface area contributed by atoms with Gasteiger partial charge in [0.05, 0.1) is 5.56 Å². The number of carboxylic acid groups (broad SMARTS) is 1. The average molecular weight is 253 g/mol. The molecule has 0 saturated carbocycles. The molecule has 0 aliphatic heterocycles. The minimum Gasteiger partial charge on any atom is -0.478 e. The van der Waals surface area contributed by atoms with Crippen LogP contribution in [-0.4, -0.2) is 41.1 Å². The van der Waals surface area contributed by atoms with Crippen molar-refractivity contribution in [1.82, 2.24) is 4.90 Å². The molecule has 0 spiro atoms. The highest BCUT2D eigenvalue weighted by molar-refractivity contribution is 7.98. The quantitative estimate of drug-likeness (QED) is 0.846. The largest absolute Gasteiger partial charge is 0.478 e. The van der Waals surface area contributed by atoms with E-state index < -0.39 is 5.97 Å². The van der Waals surface area contributed by atoms with Crippen molar-refractivity contribution in [3.63, 3.8) is 0 Å². The van der Waals surface area contributed by atoms with Crippen LogP contribution in [0.2, 0.25) is 0 Å². The summed E-state index contributed by atoms with van der Waals surface area (Å²) >= 11 is 1.82. The van der Waals surface area contributed by atoms with E-state index in [0.717, 1.165) is 17.9 Å². The smallest absolute Gasteiger partial charge is 0.335 e. The lowest BCUT2D eigenvalue weighted by atomic mass is 10.1. The van der Waals surface area contributed by atoms with Gasteiger partial charge in [-0.2, -0.15) is 11.8 Å². The Balaban J connectivity index is 2.68. The predicted octanol–water partition coefficient (Wildman–Crippen LogP) is 2.57. The molecule has 1 unspecified atom stereocenters. The van der Waals surface area contributed by atoms with Gasteiger partial charge in [-0.15, -0.1) is 0 Å². The Morgan fingerprint density at radius 2 is 2.24 bits per heavy atom. The number of rotatable bonds is 6. The van der Waals surface area contributed by atoms with E-state index in [9.17, 15) is 4.79 Å². The fourth-order valence-corrected chi connectivity index (χ4v) is 2.35. The molecule has 1 aromatic rings. The minimum atomic E-state index is -0.869. The molecule has 3 nitrogen and oxygen atoms in total. The van der Waals surface area contributed by atoms with Crippen LogP contribution in [0.5, 0.6) is 0 Å². The predicted molar refractivity (Wildman–Crippen MR) is 72.7 cm³/mol. The molecule has 0 aliphatic rings. The lowest BCUT2D eigenvalue weighted by Gasteiger charge is -2.24. The number of thioether (sulfide) groups is 1. The molecule has 0 saturated heterocycles. The maximum absolute atomic E-state index is 10.9. The van der Waals surface area contributed by atoms with Gasteiger partial charge in [0.2, 0.25) is 0 Å². The number of aromatic carboxylic acids is 1. The van der Waals surface area contributed by atoms with Gasteiger partial charge in [-0.05, 0) is 37.9 Å². The summed E-state index contributed by atoms with van der Waals surface area (Å²) in [5, 5.41) is 8.92. The van der Waals surface area contributed by atoms with Gasteiger partial charge in [0.1, 0.15) is 0 Å². The van der Waals surface area contributed by atoms with Gasteiger partial charge < -0.3 is 5.11 Å². The van der Waals surface area contributed by atoms with Crippen LogP contribution < -0.4 is 0 Å². The average Bonchev–Trinajstić information content (AvgIpc) is 2.29. The molecule has 0 amide bonds. The van der Waals surface area contributed by atoms with Gasteiger partial charge >= 0.3 is 5.97 Å². The molecule has 0 radical (unpaired) electrons. The van der Waals surface area contributed by atoms with E-state index in [2.05, 4.69) is 25.1 Å². The summed E-state index contributed by atoms with van der Waals surface area (Å²) in [6.07, 6.45) is 2.09. The van der Waals surface area contributed by atoms with Crippen LogP contribution in [0.4, 0.5) is 0 Å². The van der Waals surface area contributed by atoms with Crippen molar-refractivity contribution in [1.29, 1.82) is 0 Å². The summed E-state index contributed by atoms with van der Waals surface area (Å²) in [6, 6.07) is 7.61. The summed E-state index contributed by atoms with van der Waals surface area (Å²) in [4.78, 5) is 13.1. The van der Waals surface area contributed by atoms with E-state index in [1.807, 2.05) is 17.8 Å². The van der Waals surface area contributed by atoms with E-state index in [-0.39, 0.29) is 0 Å². The molecule has 94 valence electrons. The zero-order valence-corrected chi connectivity index (χ0v) is 11.3. The van der Waals surface area contributed by atoms with Crippen LogP contribution in [0.25, 0.3) is 0 Å². The van der Waals surface area contributed by atoms with E-state index in [4.69, 9.17) is 5.11 Å². The van der Waals surface area contributed by atoms with Gasteiger partial charge in [0, 0.05) is 18.3 Å². The molecular formula is C13H19NO2S. The fourth-order valence-electron chi connectivity index (χ4n) is 1.61. The molecule has 0 bridgehead atoms. The molecule has 0 fully saturated rings. The van der Waals surface area contributed by atoms with Crippen molar-refractivity contribution in [2.45, 2.75) is 19.5 Å². The third kappa shape index (κ3) is 4.40. The molecule has 0 aromatic heterocycles. The van der Waals surface area contributed by atoms with E-state index in [1.54, 1.807) is 18.2 Å². The molecule has 1 N–H and O–H groups in total. The van der Waals surface area contributed by atoms with Crippen LogP contribution in [0.1, 0.15) is 22.8 Å². The highest BCUT2D eigenvalue weighted by atomic mass is 32.2. The summed E-state index contributed by atoms with van der Waals surface area (Å²) in [5.74, 6) is 0.210. The molecule has 0 aliphatic carbocycles. The summed E-state index contributed by atoms with van der Waals surface area (Å²) < 4.78 is 0. The Labute approximate surface area is 107 Å². The van der Waals surface area contributed by atoms with E-state index >= 15 is 0 Å². The number of hydrogen-bond donors (Lipinski definition) is 1. The number of hydrogen-bond acceptors (Lipinski definition) is 3. The topological polar surface area (TPSA) is 40.5 Å². The van der Waals surface area contributed by atoms with Gasteiger partial charge in [-0.1, -0.05) is 12.1 Å². The first-order valence-electron chi connectivity index (χ1n) is 5.56. The van der Waals surface area contributed by atoms with Crippen molar-refractivity contribution in [3.05, 3.63) is 35.4 Å². The van der Waals surface area contributed by atoms with Gasteiger partial charge in [-0.25, -0.2) is 4.79 Å². The number of carbonyl (C=O) groups is 1. The van der Waals surface area contributed by atoms with Crippen LogP contribution in [0.15, 0.2) is 24.3 Å². The van der Waals surface area contributed by atoms with Crippen molar-refractivity contribution in [2.75, 3.05) is 19.1 Å². The number of carboxylic acids is 1. The molecule has 17 heavy (non-hydrogen) atoms. The second-order valence-corrected chi connectivity index (χ2v) is 5.14. The first kappa shape index (κ1) is 14.1. The van der Waals surface area contributed by atoms with Crippen LogP contribution in [0, 0.1) is 0 Å². The zero-order chi connectivity index (χ0) is 12.8. The number of benzene rings is 1. The zero-order valence-electron chi connectivity index (χ0n) is 10.5. The summed E-state index contributed by atoms with van der Waals surface area (Å²) in [7, 11) is 2.06. The fraction of sp³-hybridized carbons (Fsp3) is 0.462. The van der Waals surface area contributed by atoms with Gasteiger partial charge in [0.15, 0.2) is 0 Å². The van der Waals surface area contributed by atoms with Crippen LogP contribution in [-0.2, 0) is 6.54 Å². The minimum absolute atomic E-state index is 0.355. The van der Waals surface area contributed by atoms with Crippen molar-refractivity contribution >= 4 is 17.7 Å². The molecule has 1 atom stereocenters. The standard InChI is InChI=1S/C13H19NO2S/c1-10(9-17-3)14(2)8-11-5-4-6-12(7-11)13(15)16/h4-7,10H,8-9H2,1-3H3,(H,15,16). The SMILES string of the molecule is CSCC(C)N(C)Cc1cccc(C(=O)O)c1. The number of nitrogens with zero attached hydrogens (tertiary/aromatic N) is 1. The monoisotopic (exact) mass is 253 g/mol. The second-order valence-electron chi connectivity index (χ2n) is 4.23. The Morgan fingerprint density at radius 1 is 1.53 bits per heavy atom. The van der Waals surface area contributed by atoms with Gasteiger partial charge in [-0.3, -0.25) is 4.90 Å². The maximum Gasteiger partial charge on any atom is 0.335 e. The molecule has 1 aromatic carbocycles. The molecule has 1 rings (SSSR count). The van der Waals surface area contributed by atoms with E-state index in [1.165, 1.54) is 0 Å². The highest BCUT2D eigenvalue weighted by Crippen LogP contribution is 2.11. The second kappa shape index (κ2) is 6.67. The Kier molecular flexibility index (Phi) is 5.51. The van der Waals surface area contributed by atoms with Crippen molar-refractivity contribution in [3.8, 4) is 0 Å².